The number of rotatable bonds is 5. The molecule has 2 heterocycles. The Morgan fingerprint density at radius 2 is 2.13 bits per heavy atom. The van der Waals surface area contributed by atoms with E-state index < -0.39 is 0 Å². The first-order chi connectivity index (χ1) is 11.1. The predicted octanol–water partition coefficient (Wildman–Crippen LogP) is 2.19. The molecule has 0 bridgehead atoms. The molecule has 1 unspecified atom stereocenters. The van der Waals surface area contributed by atoms with Crippen LogP contribution in [0.15, 0.2) is 18.2 Å². The van der Waals surface area contributed by atoms with E-state index in [0.717, 1.165) is 29.4 Å². The van der Waals surface area contributed by atoms with Crippen molar-refractivity contribution in [1.29, 1.82) is 0 Å². The van der Waals surface area contributed by atoms with Crippen LogP contribution in [-0.2, 0) is 4.79 Å². The lowest BCUT2D eigenvalue weighted by Crippen LogP contribution is -2.32. The molecule has 2 amide bonds. The summed E-state index contributed by atoms with van der Waals surface area (Å²) in [5.74, 6) is 2.21. The normalized spacial score (nSPS) is 18.0. The number of amides is 2. The van der Waals surface area contributed by atoms with Crippen LogP contribution in [0.4, 0.5) is 4.79 Å². The highest BCUT2D eigenvalue weighted by molar-refractivity contribution is 8.13. The van der Waals surface area contributed by atoms with Gasteiger partial charge in [0, 0.05) is 25.3 Å². The van der Waals surface area contributed by atoms with Crippen LogP contribution in [-0.4, -0.2) is 48.1 Å². The number of nitrogens with zero attached hydrogens (tertiary/aromatic N) is 1. The van der Waals surface area contributed by atoms with Crippen LogP contribution in [0.3, 0.4) is 0 Å². The molecule has 0 spiro atoms. The van der Waals surface area contributed by atoms with E-state index in [1.54, 1.807) is 4.90 Å². The monoisotopic (exact) mass is 336 g/mol. The number of thioether (sulfide) groups is 1. The number of fused-ring (bicyclic) bond motifs is 1. The van der Waals surface area contributed by atoms with E-state index in [9.17, 15) is 9.59 Å². The van der Waals surface area contributed by atoms with Crippen molar-refractivity contribution in [3.63, 3.8) is 0 Å². The molecule has 2 aliphatic rings. The lowest BCUT2D eigenvalue weighted by atomic mass is 10.1. The molecular formula is C16H20N2O4S. The third-order valence-electron chi connectivity index (χ3n) is 3.90. The summed E-state index contributed by atoms with van der Waals surface area (Å²) >= 11 is 1.31. The van der Waals surface area contributed by atoms with Crippen molar-refractivity contribution in [3.8, 4) is 11.5 Å². The summed E-state index contributed by atoms with van der Waals surface area (Å²) < 4.78 is 11.1. The molecule has 1 aromatic carbocycles. The predicted molar refractivity (Wildman–Crippen MR) is 88.0 cm³/mol. The maximum Gasteiger partial charge on any atom is 0.281 e. The Balaban J connectivity index is 1.52. The Labute approximate surface area is 139 Å². The zero-order valence-corrected chi connectivity index (χ0v) is 13.9. The van der Waals surface area contributed by atoms with Gasteiger partial charge in [0.05, 0.1) is 6.04 Å². The highest BCUT2D eigenvalue weighted by atomic mass is 32.2. The van der Waals surface area contributed by atoms with Gasteiger partial charge in [-0.15, -0.1) is 0 Å². The fourth-order valence-corrected chi connectivity index (χ4v) is 3.44. The zero-order chi connectivity index (χ0) is 16.2. The van der Waals surface area contributed by atoms with Crippen molar-refractivity contribution in [2.75, 3.05) is 32.1 Å². The summed E-state index contributed by atoms with van der Waals surface area (Å²) in [4.78, 5) is 25.3. The van der Waals surface area contributed by atoms with Crippen LogP contribution in [0.25, 0.3) is 0 Å². The van der Waals surface area contributed by atoms with Crippen LogP contribution in [0.5, 0.6) is 11.5 Å². The van der Waals surface area contributed by atoms with Crippen LogP contribution in [0, 0.1) is 0 Å². The van der Waals surface area contributed by atoms with Crippen LogP contribution >= 0.6 is 11.8 Å². The molecule has 124 valence electrons. The minimum absolute atomic E-state index is 0.0583. The van der Waals surface area contributed by atoms with Crippen molar-refractivity contribution in [2.24, 2.45) is 0 Å². The molecule has 0 saturated carbocycles. The first kappa shape index (κ1) is 16.0. The van der Waals surface area contributed by atoms with E-state index >= 15 is 0 Å². The molecule has 2 aliphatic heterocycles. The Morgan fingerprint density at radius 1 is 1.35 bits per heavy atom. The maximum atomic E-state index is 12.1. The third-order valence-corrected chi connectivity index (χ3v) is 4.79. The van der Waals surface area contributed by atoms with Crippen LogP contribution < -0.4 is 14.8 Å². The van der Waals surface area contributed by atoms with Crippen molar-refractivity contribution < 1.29 is 19.1 Å². The van der Waals surface area contributed by atoms with Gasteiger partial charge in [-0.05, 0) is 24.6 Å². The summed E-state index contributed by atoms with van der Waals surface area (Å²) in [5.41, 5.74) is 0.968. The van der Waals surface area contributed by atoms with Crippen molar-refractivity contribution in [1.82, 2.24) is 10.2 Å². The van der Waals surface area contributed by atoms with E-state index in [1.807, 2.05) is 25.1 Å². The first-order valence-electron chi connectivity index (χ1n) is 7.74. The second-order valence-electron chi connectivity index (χ2n) is 5.54. The molecule has 6 nitrogen and oxygen atoms in total. The molecule has 0 radical (unpaired) electrons. The zero-order valence-electron chi connectivity index (χ0n) is 13.0. The molecule has 23 heavy (non-hydrogen) atoms. The molecule has 1 aromatic rings. The van der Waals surface area contributed by atoms with Gasteiger partial charge in [-0.25, -0.2) is 0 Å². The summed E-state index contributed by atoms with van der Waals surface area (Å²) in [5, 5.41) is 3.03. The lowest BCUT2D eigenvalue weighted by molar-refractivity contribution is -0.121. The van der Waals surface area contributed by atoms with E-state index in [-0.39, 0.29) is 17.2 Å². The molecular weight excluding hydrogens is 316 g/mol. The van der Waals surface area contributed by atoms with E-state index in [2.05, 4.69) is 5.32 Å². The number of carbonyl (C=O) groups is 2. The van der Waals surface area contributed by atoms with E-state index in [1.165, 1.54) is 11.8 Å². The average Bonchev–Trinajstić information content (AvgIpc) is 2.97. The number of hydrogen-bond donors (Lipinski definition) is 1. The Bertz CT molecular complexity index is 608. The van der Waals surface area contributed by atoms with Gasteiger partial charge < -0.3 is 19.7 Å². The number of nitrogens with one attached hydrogen (secondary N) is 1. The van der Waals surface area contributed by atoms with Gasteiger partial charge in [-0.1, -0.05) is 17.8 Å². The largest absolute Gasteiger partial charge is 0.486 e. The highest BCUT2D eigenvalue weighted by Gasteiger charge is 2.22. The van der Waals surface area contributed by atoms with E-state index in [4.69, 9.17) is 9.47 Å². The Hall–Kier alpha value is -1.89. The summed E-state index contributed by atoms with van der Waals surface area (Å²) in [6.07, 6.45) is 0.321. The van der Waals surface area contributed by atoms with Crippen LogP contribution in [0.1, 0.15) is 24.9 Å². The number of benzene rings is 1. The third kappa shape index (κ3) is 3.90. The fourth-order valence-electron chi connectivity index (χ4n) is 2.59. The maximum absolute atomic E-state index is 12.1. The summed E-state index contributed by atoms with van der Waals surface area (Å²) in [7, 11) is 0. The molecule has 3 rings (SSSR count). The molecule has 1 saturated heterocycles. The highest BCUT2D eigenvalue weighted by Crippen LogP contribution is 2.32. The topological polar surface area (TPSA) is 67.9 Å². The van der Waals surface area contributed by atoms with Gasteiger partial charge in [-0.3, -0.25) is 9.59 Å². The van der Waals surface area contributed by atoms with Crippen molar-refractivity contribution in [3.05, 3.63) is 23.8 Å². The molecule has 0 aromatic heterocycles. The van der Waals surface area contributed by atoms with Gasteiger partial charge in [-0.2, -0.15) is 0 Å². The van der Waals surface area contributed by atoms with E-state index in [0.29, 0.717) is 26.2 Å². The number of ether oxygens (including phenoxy) is 2. The smallest absolute Gasteiger partial charge is 0.281 e. The minimum Gasteiger partial charge on any atom is -0.486 e. The Morgan fingerprint density at radius 3 is 2.87 bits per heavy atom. The summed E-state index contributed by atoms with van der Waals surface area (Å²) in [6, 6.07) is 5.58. The van der Waals surface area contributed by atoms with Crippen LogP contribution in [0.2, 0.25) is 0 Å². The molecule has 1 fully saturated rings. The lowest BCUT2D eigenvalue weighted by Gasteiger charge is -2.21. The molecule has 1 atom stereocenters. The van der Waals surface area contributed by atoms with Gasteiger partial charge in [0.2, 0.25) is 5.91 Å². The summed E-state index contributed by atoms with van der Waals surface area (Å²) in [6.45, 7) is 4.24. The number of hydrogen-bond acceptors (Lipinski definition) is 5. The van der Waals surface area contributed by atoms with Gasteiger partial charge in [0.1, 0.15) is 13.2 Å². The first-order valence-corrected chi connectivity index (χ1v) is 8.72. The van der Waals surface area contributed by atoms with Gasteiger partial charge in [0.25, 0.3) is 5.24 Å². The SMILES string of the molecule is CC(NC(=O)CCN1CCSC1=O)c1ccc2c(c1)OCCO2. The number of carbonyl (C=O) groups excluding carboxylic acids is 2. The van der Waals surface area contributed by atoms with Gasteiger partial charge in [0.15, 0.2) is 11.5 Å². The minimum atomic E-state index is -0.123. The van der Waals surface area contributed by atoms with Crippen molar-refractivity contribution in [2.45, 2.75) is 19.4 Å². The average molecular weight is 336 g/mol. The second-order valence-corrected chi connectivity index (χ2v) is 6.59. The molecule has 1 N–H and O–H groups in total. The van der Waals surface area contributed by atoms with Gasteiger partial charge >= 0.3 is 0 Å². The molecule has 0 aliphatic carbocycles. The standard InChI is InChI=1S/C16H20N2O4S/c1-11(12-2-3-13-14(10-12)22-8-7-21-13)17-15(19)4-5-18-6-9-23-16(18)20/h2-3,10-11H,4-9H2,1H3,(H,17,19). The molecule has 7 heteroatoms. The fraction of sp³-hybridized carbons (Fsp3) is 0.500. The quantitative estimate of drug-likeness (QED) is 0.893. The Kier molecular flexibility index (Phi) is 4.95. The van der Waals surface area contributed by atoms with Crippen molar-refractivity contribution >= 4 is 22.9 Å². The second kappa shape index (κ2) is 7.12.